The number of rotatable bonds is 2. The van der Waals surface area contributed by atoms with Crippen molar-refractivity contribution in [3.63, 3.8) is 0 Å². The summed E-state index contributed by atoms with van der Waals surface area (Å²) in [5, 5.41) is 8.78. The molecular weight excluding hydrogens is 254 g/mol. The smallest absolute Gasteiger partial charge is 0.237 e. The van der Waals surface area contributed by atoms with Gasteiger partial charge in [0.2, 0.25) is 11.8 Å². The third-order valence-corrected chi connectivity index (χ3v) is 3.22. The van der Waals surface area contributed by atoms with Crippen LogP contribution in [0.1, 0.15) is 30.9 Å². The Kier molecular flexibility index (Phi) is 4.21. The van der Waals surface area contributed by atoms with E-state index in [-0.39, 0.29) is 30.8 Å². The first-order chi connectivity index (χ1) is 9.54. The lowest BCUT2D eigenvalue weighted by atomic mass is 10.1. The van der Waals surface area contributed by atoms with Gasteiger partial charge in [0.15, 0.2) is 0 Å². The summed E-state index contributed by atoms with van der Waals surface area (Å²) in [7, 11) is 0. The molecule has 104 valence electrons. The van der Waals surface area contributed by atoms with Gasteiger partial charge in [-0.15, -0.1) is 0 Å². The summed E-state index contributed by atoms with van der Waals surface area (Å²) in [6.07, 6.45) is 0.613. The van der Waals surface area contributed by atoms with Crippen LogP contribution >= 0.6 is 0 Å². The molecule has 1 aliphatic rings. The maximum atomic E-state index is 12.1. The second-order valence-electron chi connectivity index (χ2n) is 4.97. The summed E-state index contributed by atoms with van der Waals surface area (Å²) >= 11 is 0. The minimum absolute atomic E-state index is 0.00718. The number of nitrogens with zero attached hydrogens (tertiary/aromatic N) is 1. The van der Waals surface area contributed by atoms with Crippen LogP contribution in [-0.2, 0) is 9.59 Å². The van der Waals surface area contributed by atoms with Crippen molar-refractivity contribution in [2.24, 2.45) is 5.92 Å². The highest BCUT2D eigenvalue weighted by molar-refractivity contribution is 6.21. The van der Waals surface area contributed by atoms with Gasteiger partial charge in [0, 0.05) is 24.3 Å². The highest BCUT2D eigenvalue weighted by Crippen LogP contribution is 2.29. The van der Waals surface area contributed by atoms with E-state index in [1.54, 1.807) is 13.0 Å². The van der Waals surface area contributed by atoms with E-state index in [2.05, 4.69) is 11.8 Å². The van der Waals surface area contributed by atoms with Gasteiger partial charge in [0.1, 0.15) is 0 Å². The van der Waals surface area contributed by atoms with Crippen molar-refractivity contribution in [1.82, 2.24) is 0 Å². The monoisotopic (exact) mass is 271 g/mol. The van der Waals surface area contributed by atoms with Crippen LogP contribution in [0, 0.1) is 24.7 Å². The standard InChI is InChI=1S/C16H17NO3/c1-11-6-7-14(13(9-11)5-3-4-8-18)17-15(19)10-12(2)16(17)20/h6-7,9,12,18H,4,8,10H2,1-2H3. The molecule has 0 aliphatic carbocycles. The molecule has 1 aromatic carbocycles. The van der Waals surface area contributed by atoms with Crippen molar-refractivity contribution in [1.29, 1.82) is 0 Å². The van der Waals surface area contributed by atoms with Crippen LogP contribution in [0.3, 0.4) is 0 Å². The summed E-state index contributed by atoms with van der Waals surface area (Å²) in [5.41, 5.74) is 2.20. The number of carbonyl (C=O) groups is 2. The molecule has 20 heavy (non-hydrogen) atoms. The van der Waals surface area contributed by atoms with Gasteiger partial charge in [-0.05, 0) is 24.6 Å². The van der Waals surface area contributed by atoms with E-state index in [4.69, 9.17) is 5.11 Å². The lowest BCUT2D eigenvalue weighted by molar-refractivity contribution is -0.122. The summed E-state index contributed by atoms with van der Waals surface area (Å²) in [5.74, 6) is 5.13. The van der Waals surface area contributed by atoms with E-state index in [0.29, 0.717) is 17.7 Å². The van der Waals surface area contributed by atoms with Gasteiger partial charge in [-0.25, -0.2) is 4.90 Å². The van der Waals surface area contributed by atoms with Gasteiger partial charge >= 0.3 is 0 Å². The molecule has 0 aromatic heterocycles. The SMILES string of the molecule is Cc1ccc(N2C(=O)CC(C)C2=O)c(C#CCCO)c1. The zero-order valence-corrected chi connectivity index (χ0v) is 11.6. The van der Waals surface area contributed by atoms with E-state index in [1.165, 1.54) is 4.90 Å². The Morgan fingerprint density at radius 2 is 2.15 bits per heavy atom. The molecular formula is C16H17NO3. The first kappa shape index (κ1) is 14.3. The summed E-state index contributed by atoms with van der Waals surface area (Å²) in [6, 6.07) is 5.46. The quantitative estimate of drug-likeness (QED) is 0.657. The zero-order valence-electron chi connectivity index (χ0n) is 11.6. The molecule has 1 atom stereocenters. The number of hydrogen-bond acceptors (Lipinski definition) is 3. The van der Waals surface area contributed by atoms with Crippen molar-refractivity contribution in [3.8, 4) is 11.8 Å². The van der Waals surface area contributed by atoms with Crippen molar-refractivity contribution >= 4 is 17.5 Å². The number of amides is 2. The summed E-state index contributed by atoms with van der Waals surface area (Å²) < 4.78 is 0. The molecule has 2 amide bonds. The molecule has 0 spiro atoms. The number of hydrogen-bond donors (Lipinski definition) is 1. The number of anilines is 1. The molecule has 2 rings (SSSR count). The molecule has 0 bridgehead atoms. The molecule has 1 aliphatic heterocycles. The molecule has 1 N–H and O–H groups in total. The van der Waals surface area contributed by atoms with Gasteiger partial charge in [0.05, 0.1) is 12.3 Å². The molecule has 1 aromatic rings. The van der Waals surface area contributed by atoms with Crippen LogP contribution in [-0.4, -0.2) is 23.5 Å². The van der Waals surface area contributed by atoms with Gasteiger partial charge in [-0.2, -0.15) is 0 Å². The van der Waals surface area contributed by atoms with Crippen LogP contribution in [0.2, 0.25) is 0 Å². The summed E-state index contributed by atoms with van der Waals surface area (Å²) in [6.45, 7) is 3.68. The predicted molar refractivity (Wildman–Crippen MR) is 76.0 cm³/mol. The fraction of sp³-hybridized carbons (Fsp3) is 0.375. The number of aliphatic hydroxyl groups is 1. The molecule has 1 fully saturated rings. The Labute approximate surface area is 118 Å². The van der Waals surface area contributed by atoms with Crippen LogP contribution in [0.25, 0.3) is 0 Å². The Hall–Kier alpha value is -2.12. The van der Waals surface area contributed by atoms with Gasteiger partial charge in [-0.3, -0.25) is 9.59 Å². The Morgan fingerprint density at radius 1 is 1.40 bits per heavy atom. The highest BCUT2D eigenvalue weighted by atomic mass is 16.2. The van der Waals surface area contributed by atoms with Crippen LogP contribution in [0.15, 0.2) is 18.2 Å². The van der Waals surface area contributed by atoms with Crippen LogP contribution in [0.5, 0.6) is 0 Å². The van der Waals surface area contributed by atoms with E-state index >= 15 is 0 Å². The average Bonchev–Trinajstić information content (AvgIpc) is 2.65. The maximum absolute atomic E-state index is 12.1. The molecule has 1 heterocycles. The van der Waals surface area contributed by atoms with E-state index in [9.17, 15) is 9.59 Å². The van der Waals surface area contributed by atoms with Crippen molar-refractivity contribution in [2.75, 3.05) is 11.5 Å². The third kappa shape index (κ3) is 2.73. The van der Waals surface area contributed by atoms with E-state index < -0.39 is 0 Å². The van der Waals surface area contributed by atoms with Gasteiger partial charge < -0.3 is 5.11 Å². The second kappa shape index (κ2) is 5.89. The normalized spacial score (nSPS) is 18.1. The van der Waals surface area contributed by atoms with Gasteiger partial charge in [0.25, 0.3) is 0 Å². The largest absolute Gasteiger partial charge is 0.395 e. The Morgan fingerprint density at radius 3 is 2.75 bits per heavy atom. The fourth-order valence-electron chi connectivity index (χ4n) is 2.20. The molecule has 0 radical (unpaired) electrons. The van der Waals surface area contributed by atoms with E-state index in [1.807, 2.05) is 19.1 Å². The number of aliphatic hydroxyl groups excluding tert-OH is 1. The minimum Gasteiger partial charge on any atom is -0.395 e. The summed E-state index contributed by atoms with van der Waals surface area (Å²) in [4.78, 5) is 25.3. The Bertz CT molecular complexity index is 610. The van der Waals surface area contributed by atoms with Crippen molar-refractivity contribution in [3.05, 3.63) is 29.3 Å². The molecule has 0 saturated carbocycles. The van der Waals surface area contributed by atoms with Gasteiger partial charge in [-0.1, -0.05) is 24.8 Å². The highest BCUT2D eigenvalue weighted by Gasteiger charge is 2.37. The number of imide groups is 1. The predicted octanol–water partition coefficient (Wildman–Crippen LogP) is 1.63. The first-order valence-electron chi connectivity index (χ1n) is 6.61. The molecule has 1 unspecified atom stereocenters. The number of aryl methyl sites for hydroxylation is 1. The van der Waals surface area contributed by atoms with E-state index in [0.717, 1.165) is 5.56 Å². The zero-order chi connectivity index (χ0) is 14.7. The molecule has 4 heteroatoms. The van der Waals surface area contributed by atoms with Crippen molar-refractivity contribution in [2.45, 2.75) is 26.7 Å². The molecule has 4 nitrogen and oxygen atoms in total. The molecule has 1 saturated heterocycles. The topological polar surface area (TPSA) is 57.6 Å². The van der Waals surface area contributed by atoms with Crippen LogP contribution < -0.4 is 4.90 Å². The third-order valence-electron chi connectivity index (χ3n) is 3.22. The lowest BCUT2D eigenvalue weighted by Crippen LogP contribution is -2.30. The number of carbonyl (C=O) groups excluding carboxylic acids is 2. The van der Waals surface area contributed by atoms with Crippen LogP contribution in [0.4, 0.5) is 5.69 Å². The lowest BCUT2D eigenvalue weighted by Gasteiger charge is -2.16. The minimum atomic E-state index is -0.276. The second-order valence-corrected chi connectivity index (χ2v) is 4.97. The number of benzene rings is 1. The van der Waals surface area contributed by atoms with Crippen molar-refractivity contribution < 1.29 is 14.7 Å². The maximum Gasteiger partial charge on any atom is 0.237 e. The Balaban J connectivity index is 2.44. The first-order valence-corrected chi connectivity index (χ1v) is 6.61. The fourth-order valence-corrected chi connectivity index (χ4v) is 2.20. The average molecular weight is 271 g/mol.